The number of amidine groups is 1. The van der Waals surface area contributed by atoms with Crippen molar-refractivity contribution in [2.45, 2.75) is 37.6 Å². The van der Waals surface area contributed by atoms with Gasteiger partial charge in [-0.2, -0.15) is 0 Å². The summed E-state index contributed by atoms with van der Waals surface area (Å²) in [5.74, 6) is 0.529. The van der Waals surface area contributed by atoms with Gasteiger partial charge in [-0.15, -0.1) is 0 Å². The summed E-state index contributed by atoms with van der Waals surface area (Å²) in [5, 5.41) is 11.4. The molecule has 0 aromatic rings. The van der Waals surface area contributed by atoms with Crippen molar-refractivity contribution in [2.75, 3.05) is 14.1 Å². The molecule has 88 valence electrons. The normalized spacial score (nSPS) is 16.7. The zero-order chi connectivity index (χ0) is 12.2. The number of hydrogen-bond donors (Lipinski definition) is 2. The van der Waals surface area contributed by atoms with Crippen LogP contribution in [0.2, 0.25) is 0 Å². The van der Waals surface area contributed by atoms with Crippen LogP contribution in [0.4, 0.5) is 0 Å². The van der Waals surface area contributed by atoms with Gasteiger partial charge in [0.2, 0.25) is 0 Å². The highest BCUT2D eigenvalue weighted by Gasteiger charge is 2.35. The van der Waals surface area contributed by atoms with E-state index in [1.165, 1.54) is 0 Å². The number of halogens is 1. The van der Waals surface area contributed by atoms with Crippen LogP contribution in [-0.4, -0.2) is 35.2 Å². The van der Waals surface area contributed by atoms with E-state index < -0.39 is 0 Å². The third-order valence-corrected chi connectivity index (χ3v) is 3.94. The van der Waals surface area contributed by atoms with Crippen LogP contribution in [0.5, 0.6) is 0 Å². The van der Waals surface area contributed by atoms with Gasteiger partial charge in [-0.25, -0.2) is 0 Å². The average Bonchev–Trinajstić information content (AvgIpc) is 2.24. The maximum atomic E-state index is 8.19. The van der Waals surface area contributed by atoms with E-state index in [1.54, 1.807) is 0 Å². The maximum Gasteiger partial charge on any atom is 0.121 e. The van der Waals surface area contributed by atoms with Crippen LogP contribution < -0.4 is 5.32 Å². The Hall–Kier alpha value is -0.350. The fraction of sp³-hybridized carbons (Fsp3) is 0.727. The minimum Gasteiger partial charge on any atom is -0.336 e. The first kappa shape index (κ1) is 14.6. The summed E-state index contributed by atoms with van der Waals surface area (Å²) in [5.41, 5.74) is 0.571. The quantitative estimate of drug-likeness (QED) is 0.460. The van der Waals surface area contributed by atoms with Gasteiger partial charge in [0.05, 0.1) is 5.54 Å². The van der Waals surface area contributed by atoms with E-state index in [2.05, 4.69) is 27.8 Å². The molecule has 0 aliphatic heterocycles. The molecule has 4 heteroatoms. The van der Waals surface area contributed by atoms with Crippen LogP contribution in [-0.2, 0) is 0 Å². The summed E-state index contributed by atoms with van der Waals surface area (Å²) in [4.78, 5) is 2.02. The lowest BCUT2D eigenvalue weighted by molar-refractivity contribution is 0.444. The Morgan fingerprint density at radius 2 is 2.13 bits per heavy atom. The Morgan fingerprint density at radius 3 is 2.40 bits per heavy atom. The molecule has 0 bridgehead atoms. The summed E-state index contributed by atoms with van der Waals surface area (Å²) in [7, 11) is 3.76. The molecule has 0 heterocycles. The lowest BCUT2D eigenvalue weighted by Gasteiger charge is -2.38. The number of nitrogens with one attached hydrogen (secondary N) is 2. The lowest BCUT2D eigenvalue weighted by Crippen LogP contribution is -2.57. The molecule has 0 radical (unpaired) electrons. The van der Waals surface area contributed by atoms with Gasteiger partial charge in [-0.3, -0.25) is 5.41 Å². The number of nitrogens with zero attached hydrogens (tertiary/aromatic N) is 1. The number of rotatable bonds is 5. The molecule has 2 atom stereocenters. The summed E-state index contributed by atoms with van der Waals surface area (Å²) >= 11 is 3.54. The summed E-state index contributed by atoms with van der Waals surface area (Å²) < 4.78 is 0. The van der Waals surface area contributed by atoms with Crippen LogP contribution in [0, 0.1) is 5.41 Å². The Bertz CT molecular complexity index is 250. The van der Waals surface area contributed by atoms with E-state index in [0.29, 0.717) is 5.84 Å². The van der Waals surface area contributed by atoms with E-state index in [-0.39, 0.29) is 10.4 Å². The van der Waals surface area contributed by atoms with Gasteiger partial charge >= 0.3 is 0 Å². The monoisotopic (exact) mass is 275 g/mol. The minimum atomic E-state index is -0.382. The molecule has 0 spiro atoms. The third-order valence-electron chi connectivity index (χ3n) is 3.02. The van der Waals surface area contributed by atoms with Gasteiger partial charge in [0, 0.05) is 17.6 Å². The van der Waals surface area contributed by atoms with Crippen molar-refractivity contribution in [3.8, 4) is 0 Å². The summed E-state index contributed by atoms with van der Waals surface area (Å²) in [6.45, 7) is 10.0. The molecule has 0 rings (SSSR count). The molecule has 3 nitrogen and oxygen atoms in total. The molecule has 0 aliphatic rings. The Morgan fingerprint density at radius 1 is 1.67 bits per heavy atom. The minimum absolute atomic E-state index is 0.176. The molecule has 15 heavy (non-hydrogen) atoms. The van der Waals surface area contributed by atoms with Gasteiger partial charge in [0.1, 0.15) is 5.84 Å². The van der Waals surface area contributed by atoms with E-state index in [9.17, 15) is 0 Å². The van der Waals surface area contributed by atoms with Crippen LogP contribution in [0.1, 0.15) is 27.2 Å². The van der Waals surface area contributed by atoms with Gasteiger partial charge in [0.15, 0.2) is 0 Å². The number of likely N-dealkylation sites (N-methyl/N-ethyl adjacent to an activating group) is 2. The average molecular weight is 276 g/mol. The van der Waals surface area contributed by atoms with E-state index in [1.807, 2.05) is 39.8 Å². The Balaban J connectivity index is 4.89. The van der Waals surface area contributed by atoms with Crippen molar-refractivity contribution < 1.29 is 0 Å². The number of allylic oxidation sites excluding steroid dienone is 1. The molecule has 0 aliphatic carbocycles. The lowest BCUT2D eigenvalue weighted by atomic mass is 9.96. The molecule has 0 amide bonds. The molecule has 0 aromatic heterocycles. The van der Waals surface area contributed by atoms with Gasteiger partial charge in [0.25, 0.3) is 0 Å². The first-order chi connectivity index (χ1) is 6.81. The zero-order valence-corrected chi connectivity index (χ0v) is 11.9. The standard InChI is InChI=1S/C11H22BrN3/c1-7-8(2)15(6)10(13)11(4,14-5)9(3)12/h9,13-14H,2,7H2,1,3-6H3. The van der Waals surface area contributed by atoms with Gasteiger partial charge < -0.3 is 10.2 Å². The van der Waals surface area contributed by atoms with Crippen LogP contribution >= 0.6 is 15.9 Å². The molecular weight excluding hydrogens is 254 g/mol. The molecule has 2 unspecified atom stereocenters. The van der Waals surface area contributed by atoms with Crippen molar-refractivity contribution in [2.24, 2.45) is 0 Å². The molecule has 2 N–H and O–H groups in total. The second-order valence-electron chi connectivity index (χ2n) is 3.90. The highest BCUT2D eigenvalue weighted by Crippen LogP contribution is 2.21. The van der Waals surface area contributed by atoms with E-state index in [4.69, 9.17) is 5.41 Å². The molecule has 0 saturated heterocycles. The number of alkyl halides is 1. The molecule has 0 fully saturated rings. The van der Waals surface area contributed by atoms with Crippen molar-refractivity contribution in [1.29, 1.82) is 5.41 Å². The van der Waals surface area contributed by atoms with Crippen LogP contribution in [0.25, 0.3) is 0 Å². The summed E-state index contributed by atoms with van der Waals surface area (Å²) in [6.07, 6.45) is 0.856. The fourth-order valence-electron chi connectivity index (χ4n) is 1.25. The molecule has 0 aromatic carbocycles. The first-order valence-corrected chi connectivity index (χ1v) is 6.06. The van der Waals surface area contributed by atoms with Crippen molar-refractivity contribution >= 4 is 21.8 Å². The number of hydrogen-bond acceptors (Lipinski definition) is 2. The van der Waals surface area contributed by atoms with Crippen LogP contribution in [0.3, 0.4) is 0 Å². The second-order valence-corrected chi connectivity index (χ2v) is 5.27. The summed E-state index contributed by atoms with van der Waals surface area (Å²) in [6, 6.07) is 0. The predicted octanol–water partition coefficient (Wildman–Crippen LogP) is 2.58. The Kier molecular flexibility index (Phi) is 5.53. The SMILES string of the molecule is C=C(CC)N(C)C(=N)C(C)(NC)C(C)Br. The molecular formula is C11H22BrN3. The highest BCUT2D eigenvalue weighted by molar-refractivity contribution is 9.09. The van der Waals surface area contributed by atoms with Crippen molar-refractivity contribution in [3.05, 3.63) is 12.3 Å². The highest BCUT2D eigenvalue weighted by atomic mass is 79.9. The van der Waals surface area contributed by atoms with Crippen LogP contribution in [0.15, 0.2) is 12.3 Å². The Labute approximate surface area is 102 Å². The van der Waals surface area contributed by atoms with E-state index >= 15 is 0 Å². The zero-order valence-electron chi connectivity index (χ0n) is 10.3. The fourth-order valence-corrected chi connectivity index (χ4v) is 1.70. The second kappa shape index (κ2) is 5.66. The smallest absolute Gasteiger partial charge is 0.121 e. The maximum absolute atomic E-state index is 8.19. The molecule has 0 saturated carbocycles. The largest absolute Gasteiger partial charge is 0.336 e. The van der Waals surface area contributed by atoms with Crippen molar-refractivity contribution in [1.82, 2.24) is 10.2 Å². The van der Waals surface area contributed by atoms with Gasteiger partial charge in [-0.1, -0.05) is 36.4 Å². The van der Waals surface area contributed by atoms with Gasteiger partial charge in [-0.05, 0) is 20.4 Å². The first-order valence-electron chi connectivity index (χ1n) is 5.14. The topological polar surface area (TPSA) is 39.1 Å². The third kappa shape index (κ3) is 3.05. The predicted molar refractivity (Wildman–Crippen MR) is 70.8 cm³/mol. The van der Waals surface area contributed by atoms with E-state index in [0.717, 1.165) is 12.1 Å². The van der Waals surface area contributed by atoms with Crippen molar-refractivity contribution in [3.63, 3.8) is 0 Å².